The minimum atomic E-state index is -0.0952. The normalized spacial score (nSPS) is 26.3. The molecule has 1 saturated heterocycles. The van der Waals surface area contributed by atoms with E-state index in [9.17, 15) is 9.59 Å². The van der Waals surface area contributed by atoms with Gasteiger partial charge in [-0.25, -0.2) is 0 Å². The van der Waals surface area contributed by atoms with Crippen LogP contribution in [0.25, 0.3) is 0 Å². The zero-order chi connectivity index (χ0) is 21.9. The largest absolute Gasteiger partial charge is 0.381 e. The van der Waals surface area contributed by atoms with Crippen molar-refractivity contribution in [2.75, 3.05) is 23.8 Å². The Labute approximate surface area is 194 Å². The van der Waals surface area contributed by atoms with Crippen LogP contribution < -0.4 is 10.6 Å². The van der Waals surface area contributed by atoms with E-state index >= 15 is 0 Å². The zero-order valence-electron chi connectivity index (χ0n) is 17.9. The third-order valence-electron chi connectivity index (χ3n) is 6.74. The summed E-state index contributed by atoms with van der Waals surface area (Å²) in [6.45, 7) is 1.12. The Morgan fingerprint density at radius 3 is 1.91 bits per heavy atom. The van der Waals surface area contributed by atoms with Crippen molar-refractivity contribution in [3.05, 3.63) is 10.0 Å². The average molecular weight is 477 g/mol. The van der Waals surface area contributed by atoms with Crippen LogP contribution in [-0.2, 0) is 14.3 Å². The van der Waals surface area contributed by atoms with Gasteiger partial charge in [0.2, 0.25) is 22.1 Å². The number of rotatable bonds is 6. The lowest BCUT2D eigenvalue weighted by Gasteiger charge is -2.25. The highest BCUT2D eigenvalue weighted by atomic mass is 32.1. The van der Waals surface area contributed by atoms with Crippen LogP contribution in [-0.4, -0.2) is 45.4 Å². The fraction of sp³-hybridized carbons (Fsp3) is 0.714. The predicted octanol–water partition coefficient (Wildman–Crippen LogP) is 3.93. The van der Waals surface area contributed by atoms with Gasteiger partial charge in [-0.2, -0.15) is 0 Å². The fourth-order valence-corrected chi connectivity index (χ4v) is 6.67. The van der Waals surface area contributed by atoms with Gasteiger partial charge in [0.05, 0.1) is 12.5 Å². The van der Waals surface area contributed by atoms with Crippen LogP contribution in [0.2, 0.25) is 0 Å². The Morgan fingerprint density at radius 2 is 1.34 bits per heavy atom. The van der Waals surface area contributed by atoms with Gasteiger partial charge in [0.15, 0.2) is 0 Å². The molecule has 2 aromatic rings. The topological polar surface area (TPSA) is 119 Å². The third-order valence-corrected chi connectivity index (χ3v) is 8.74. The van der Waals surface area contributed by atoms with Crippen molar-refractivity contribution in [3.8, 4) is 0 Å². The van der Waals surface area contributed by atoms with Crippen molar-refractivity contribution in [1.29, 1.82) is 0 Å². The van der Waals surface area contributed by atoms with Gasteiger partial charge in [-0.1, -0.05) is 41.9 Å². The Kier molecular flexibility index (Phi) is 6.74. The van der Waals surface area contributed by atoms with Gasteiger partial charge in [-0.15, -0.1) is 20.4 Å². The van der Waals surface area contributed by atoms with Crippen LogP contribution in [0.1, 0.15) is 79.6 Å². The summed E-state index contributed by atoms with van der Waals surface area (Å²) in [4.78, 5) is 24.7. The molecule has 3 fully saturated rings. The molecule has 2 saturated carbocycles. The van der Waals surface area contributed by atoms with E-state index in [4.69, 9.17) is 4.74 Å². The molecule has 1 aliphatic heterocycles. The molecule has 32 heavy (non-hydrogen) atoms. The highest BCUT2D eigenvalue weighted by molar-refractivity contribution is 7.15. The van der Waals surface area contributed by atoms with Crippen LogP contribution in [0.5, 0.6) is 0 Å². The first kappa shape index (κ1) is 21.8. The Hall–Kier alpha value is -1.98. The lowest BCUT2D eigenvalue weighted by molar-refractivity contribution is -0.120. The van der Waals surface area contributed by atoms with Gasteiger partial charge in [0.1, 0.15) is 10.0 Å². The molecule has 9 nitrogen and oxygen atoms in total. The van der Waals surface area contributed by atoms with E-state index in [1.54, 1.807) is 0 Å². The van der Waals surface area contributed by atoms with Gasteiger partial charge < -0.3 is 15.4 Å². The van der Waals surface area contributed by atoms with Gasteiger partial charge >= 0.3 is 0 Å². The van der Waals surface area contributed by atoms with Crippen molar-refractivity contribution in [2.45, 2.75) is 69.6 Å². The molecule has 0 spiro atoms. The molecule has 0 bridgehead atoms. The first-order valence-electron chi connectivity index (χ1n) is 11.5. The van der Waals surface area contributed by atoms with Crippen molar-refractivity contribution in [3.63, 3.8) is 0 Å². The second kappa shape index (κ2) is 9.88. The third kappa shape index (κ3) is 4.99. The number of amides is 2. The van der Waals surface area contributed by atoms with E-state index in [0.717, 1.165) is 67.8 Å². The van der Waals surface area contributed by atoms with E-state index in [1.807, 2.05) is 0 Å². The standard InChI is InChI=1S/C21H28N6O3S2/c28-16(12-4-1-2-5-12)22-20-26-24-18(31-20)13-6-3-7-14(10-13)19-25-27-21(32-19)23-17(29)15-8-9-30-11-15/h12-15H,1-11H2,(H,22,26,28)(H,23,27,29)/t13-,14-,15?/m0/s1. The lowest BCUT2D eigenvalue weighted by Crippen LogP contribution is -2.22. The van der Waals surface area contributed by atoms with Crippen LogP contribution in [0.15, 0.2) is 0 Å². The maximum Gasteiger partial charge on any atom is 0.231 e. The minimum absolute atomic E-state index is 0.0345. The molecule has 2 amide bonds. The number of nitrogens with one attached hydrogen (secondary N) is 2. The number of hydrogen-bond donors (Lipinski definition) is 2. The van der Waals surface area contributed by atoms with Gasteiger partial charge in [0, 0.05) is 24.4 Å². The van der Waals surface area contributed by atoms with Gasteiger partial charge in [-0.05, 0) is 38.5 Å². The molecule has 3 aliphatic rings. The Bertz CT molecular complexity index is 877. The monoisotopic (exact) mass is 476 g/mol. The smallest absolute Gasteiger partial charge is 0.231 e. The van der Waals surface area contributed by atoms with E-state index in [0.29, 0.717) is 35.3 Å². The van der Waals surface area contributed by atoms with Gasteiger partial charge in [0.25, 0.3) is 0 Å². The number of anilines is 2. The van der Waals surface area contributed by atoms with E-state index < -0.39 is 0 Å². The van der Waals surface area contributed by atoms with Gasteiger partial charge in [-0.3, -0.25) is 9.59 Å². The summed E-state index contributed by atoms with van der Waals surface area (Å²) in [5.41, 5.74) is 0. The Morgan fingerprint density at radius 1 is 0.750 bits per heavy atom. The molecule has 11 heteroatoms. The summed E-state index contributed by atoms with van der Waals surface area (Å²) < 4.78 is 5.29. The quantitative estimate of drug-likeness (QED) is 0.648. The lowest BCUT2D eigenvalue weighted by atomic mass is 9.82. The summed E-state index contributed by atoms with van der Waals surface area (Å²) in [5, 5.41) is 26.2. The second-order valence-electron chi connectivity index (χ2n) is 8.97. The highest BCUT2D eigenvalue weighted by Gasteiger charge is 2.31. The summed E-state index contributed by atoms with van der Waals surface area (Å²) >= 11 is 2.96. The molecule has 3 heterocycles. The van der Waals surface area contributed by atoms with E-state index in [1.165, 1.54) is 22.7 Å². The molecular formula is C21H28N6O3S2. The summed E-state index contributed by atoms with van der Waals surface area (Å²) in [6.07, 6.45) is 9.10. The van der Waals surface area contributed by atoms with Crippen LogP contribution in [0, 0.1) is 11.8 Å². The number of carbonyl (C=O) groups is 2. The number of carbonyl (C=O) groups excluding carboxylic acids is 2. The summed E-state index contributed by atoms with van der Waals surface area (Å²) in [7, 11) is 0. The molecule has 0 radical (unpaired) electrons. The molecule has 3 atom stereocenters. The van der Waals surface area contributed by atoms with Crippen LogP contribution in [0.3, 0.4) is 0 Å². The number of aromatic nitrogens is 4. The maximum atomic E-state index is 12.4. The van der Waals surface area contributed by atoms with Crippen molar-refractivity contribution in [1.82, 2.24) is 20.4 Å². The molecular weight excluding hydrogens is 448 g/mol. The van der Waals surface area contributed by atoms with Crippen molar-refractivity contribution < 1.29 is 14.3 Å². The predicted molar refractivity (Wildman–Crippen MR) is 122 cm³/mol. The molecule has 5 rings (SSSR count). The first-order chi connectivity index (χ1) is 15.7. The zero-order valence-corrected chi connectivity index (χ0v) is 19.6. The molecule has 172 valence electrons. The molecule has 0 aromatic carbocycles. The molecule has 2 aliphatic carbocycles. The number of nitrogens with zero attached hydrogens (tertiary/aromatic N) is 4. The average Bonchev–Trinajstić information content (AvgIpc) is 3.61. The minimum Gasteiger partial charge on any atom is -0.381 e. The van der Waals surface area contributed by atoms with Crippen molar-refractivity contribution in [2.24, 2.45) is 11.8 Å². The summed E-state index contributed by atoms with van der Waals surface area (Å²) in [5.74, 6) is 0.678. The second-order valence-corrected chi connectivity index (χ2v) is 11.0. The van der Waals surface area contributed by atoms with Crippen molar-refractivity contribution >= 4 is 44.8 Å². The Balaban J connectivity index is 1.18. The van der Waals surface area contributed by atoms with E-state index in [-0.39, 0.29) is 23.7 Å². The first-order valence-corrected chi connectivity index (χ1v) is 13.2. The van der Waals surface area contributed by atoms with Crippen LogP contribution in [0.4, 0.5) is 10.3 Å². The van der Waals surface area contributed by atoms with E-state index in [2.05, 4.69) is 31.0 Å². The highest BCUT2D eigenvalue weighted by Crippen LogP contribution is 2.43. The molecule has 2 aromatic heterocycles. The SMILES string of the molecule is O=C(Nc1nnc([C@H]2CCC[C@H](c3nnc(NC(=O)C4CCOC4)s3)C2)s1)C1CCCC1. The number of ether oxygens (including phenoxy) is 1. The number of hydrogen-bond acceptors (Lipinski definition) is 9. The summed E-state index contributed by atoms with van der Waals surface area (Å²) in [6, 6.07) is 0. The van der Waals surface area contributed by atoms with Crippen LogP contribution >= 0.6 is 22.7 Å². The maximum absolute atomic E-state index is 12.4. The molecule has 2 N–H and O–H groups in total. The fourth-order valence-electron chi connectivity index (χ4n) is 4.88. The molecule has 1 unspecified atom stereocenters.